The van der Waals surface area contributed by atoms with Gasteiger partial charge < -0.3 is 10.6 Å². The van der Waals surface area contributed by atoms with E-state index in [0.29, 0.717) is 40.5 Å². The van der Waals surface area contributed by atoms with Gasteiger partial charge in [-0.05, 0) is 50.1 Å². The molecule has 124 valence electrons. The van der Waals surface area contributed by atoms with Crippen molar-refractivity contribution >= 4 is 34.7 Å². The third-order valence-corrected chi connectivity index (χ3v) is 4.56. The lowest BCUT2D eigenvalue weighted by Gasteiger charge is -2.27. The molecule has 0 bridgehead atoms. The number of carbonyl (C=O) groups excluding carboxylic acids is 2. The van der Waals surface area contributed by atoms with Crippen molar-refractivity contribution in [1.82, 2.24) is 0 Å². The number of nitrogens with zero attached hydrogens (tertiary/aromatic N) is 1. The van der Waals surface area contributed by atoms with Gasteiger partial charge in [0, 0.05) is 24.2 Å². The van der Waals surface area contributed by atoms with E-state index in [2.05, 4.69) is 0 Å². The van der Waals surface area contributed by atoms with Crippen LogP contribution in [0.3, 0.4) is 0 Å². The van der Waals surface area contributed by atoms with Gasteiger partial charge in [-0.15, -0.1) is 0 Å². The van der Waals surface area contributed by atoms with E-state index in [0.717, 1.165) is 18.4 Å². The smallest absolute Gasteiger partial charge is 0.259 e. The lowest BCUT2D eigenvalue weighted by atomic mass is 9.97. The van der Waals surface area contributed by atoms with Gasteiger partial charge in [0.05, 0.1) is 16.3 Å². The summed E-state index contributed by atoms with van der Waals surface area (Å²) in [6, 6.07) is 10.5. The molecule has 1 aliphatic heterocycles. The molecule has 0 saturated carbocycles. The van der Waals surface area contributed by atoms with Crippen LogP contribution in [0.25, 0.3) is 0 Å². The Morgan fingerprint density at radius 1 is 1.17 bits per heavy atom. The van der Waals surface area contributed by atoms with Crippen LogP contribution < -0.4 is 10.6 Å². The number of anilines is 2. The molecule has 2 aromatic rings. The van der Waals surface area contributed by atoms with Crippen molar-refractivity contribution in [1.29, 1.82) is 0 Å². The lowest BCUT2D eigenvalue weighted by molar-refractivity contribution is 0.0972. The normalized spacial score (nSPS) is 14.8. The fourth-order valence-corrected chi connectivity index (χ4v) is 3.25. The molecule has 0 aliphatic carbocycles. The van der Waals surface area contributed by atoms with Crippen molar-refractivity contribution in [2.75, 3.05) is 17.2 Å². The lowest BCUT2D eigenvalue weighted by Crippen LogP contribution is -2.34. The summed E-state index contributed by atoms with van der Waals surface area (Å²) in [5.41, 5.74) is 8.88. The molecule has 0 atom stereocenters. The number of hydrogen-bond acceptors (Lipinski definition) is 3. The minimum Gasteiger partial charge on any atom is -0.399 e. The minimum absolute atomic E-state index is 0.0783. The first-order valence-corrected chi connectivity index (χ1v) is 8.36. The molecule has 4 nitrogen and oxygen atoms in total. The van der Waals surface area contributed by atoms with Gasteiger partial charge in [-0.3, -0.25) is 9.59 Å². The predicted octanol–water partition coefficient (Wildman–Crippen LogP) is 4.24. The number of rotatable bonds is 1. The Hall–Kier alpha value is -2.33. The maximum atomic E-state index is 13.0. The van der Waals surface area contributed by atoms with Gasteiger partial charge in [-0.1, -0.05) is 23.2 Å². The summed E-state index contributed by atoms with van der Waals surface area (Å²) in [7, 11) is 0. The minimum atomic E-state index is -0.209. The van der Waals surface area contributed by atoms with Crippen molar-refractivity contribution in [3.05, 3.63) is 58.1 Å². The van der Waals surface area contributed by atoms with Gasteiger partial charge >= 0.3 is 0 Å². The van der Waals surface area contributed by atoms with Crippen LogP contribution in [0.4, 0.5) is 11.4 Å². The molecule has 0 saturated heterocycles. The van der Waals surface area contributed by atoms with E-state index in [1.807, 2.05) is 25.1 Å². The fourth-order valence-electron chi connectivity index (χ4n) is 2.98. The Labute approximate surface area is 146 Å². The number of halogens is 1. The van der Waals surface area contributed by atoms with Gasteiger partial charge in [-0.25, -0.2) is 0 Å². The molecule has 2 N–H and O–H groups in total. The number of nitrogen functional groups attached to an aromatic ring is 1. The van der Waals surface area contributed by atoms with E-state index < -0.39 is 0 Å². The van der Waals surface area contributed by atoms with E-state index >= 15 is 0 Å². The molecule has 1 aliphatic rings. The first-order chi connectivity index (χ1) is 11.5. The highest BCUT2D eigenvalue weighted by molar-refractivity contribution is 6.35. The molecular formula is C19H19ClN2O2. The molecule has 3 rings (SSSR count). The van der Waals surface area contributed by atoms with Gasteiger partial charge in [0.1, 0.15) is 0 Å². The number of fused-ring (bicyclic) bond motifs is 1. The molecule has 24 heavy (non-hydrogen) atoms. The SMILES string of the molecule is Cc1ccc2c(c1)C(=O)CCCCN2C(=O)c1ccc(N)cc1Cl. The molecule has 0 unspecified atom stereocenters. The van der Waals surface area contributed by atoms with Crippen LogP contribution in [0.1, 0.15) is 45.5 Å². The van der Waals surface area contributed by atoms with Crippen LogP contribution in [0.2, 0.25) is 5.02 Å². The monoisotopic (exact) mass is 342 g/mol. The number of hydrogen-bond donors (Lipinski definition) is 1. The Morgan fingerprint density at radius 3 is 2.71 bits per heavy atom. The molecule has 0 aromatic heterocycles. The topological polar surface area (TPSA) is 63.4 Å². The van der Waals surface area contributed by atoms with E-state index in [1.165, 1.54) is 0 Å². The third-order valence-electron chi connectivity index (χ3n) is 4.25. The first kappa shape index (κ1) is 16.5. The quantitative estimate of drug-likeness (QED) is 0.788. The predicted molar refractivity (Wildman–Crippen MR) is 96.9 cm³/mol. The van der Waals surface area contributed by atoms with Crippen LogP contribution >= 0.6 is 11.6 Å². The second-order valence-corrected chi connectivity index (χ2v) is 6.50. The van der Waals surface area contributed by atoms with Crippen LogP contribution in [0.15, 0.2) is 36.4 Å². The summed E-state index contributed by atoms with van der Waals surface area (Å²) < 4.78 is 0. The highest BCUT2D eigenvalue weighted by atomic mass is 35.5. The highest BCUT2D eigenvalue weighted by Crippen LogP contribution is 2.30. The number of Topliss-reactive ketones (excluding diaryl/α,β-unsaturated/α-hetero) is 1. The molecule has 2 aromatic carbocycles. The van der Waals surface area contributed by atoms with Crippen molar-refractivity contribution < 1.29 is 9.59 Å². The van der Waals surface area contributed by atoms with E-state index in [1.54, 1.807) is 23.1 Å². The Balaban J connectivity index is 2.08. The van der Waals surface area contributed by atoms with Gasteiger partial charge in [-0.2, -0.15) is 0 Å². The van der Waals surface area contributed by atoms with Crippen LogP contribution in [-0.4, -0.2) is 18.2 Å². The van der Waals surface area contributed by atoms with Crippen molar-refractivity contribution in [3.8, 4) is 0 Å². The molecule has 5 heteroatoms. The van der Waals surface area contributed by atoms with Crippen molar-refractivity contribution in [3.63, 3.8) is 0 Å². The highest BCUT2D eigenvalue weighted by Gasteiger charge is 2.26. The molecule has 1 amide bonds. The summed E-state index contributed by atoms with van der Waals surface area (Å²) >= 11 is 6.20. The second-order valence-electron chi connectivity index (χ2n) is 6.10. The maximum Gasteiger partial charge on any atom is 0.259 e. The van der Waals surface area contributed by atoms with E-state index in [-0.39, 0.29) is 11.7 Å². The molecule has 1 heterocycles. The zero-order valence-electron chi connectivity index (χ0n) is 13.5. The molecule has 0 spiro atoms. The first-order valence-electron chi connectivity index (χ1n) is 7.98. The molecular weight excluding hydrogens is 324 g/mol. The van der Waals surface area contributed by atoms with E-state index in [9.17, 15) is 9.59 Å². The third kappa shape index (κ3) is 3.15. The largest absolute Gasteiger partial charge is 0.399 e. The van der Waals surface area contributed by atoms with Crippen LogP contribution in [0, 0.1) is 6.92 Å². The zero-order chi connectivity index (χ0) is 17.3. The second kappa shape index (κ2) is 6.65. The standard InChI is InChI=1S/C19H19ClN2O2/c1-12-5-8-17-15(10-12)18(23)4-2-3-9-22(17)19(24)14-7-6-13(21)11-16(14)20/h5-8,10-11H,2-4,9,21H2,1H3. The summed E-state index contributed by atoms with van der Waals surface area (Å²) in [4.78, 5) is 27.1. The summed E-state index contributed by atoms with van der Waals surface area (Å²) in [5, 5.41) is 0.321. The number of aryl methyl sites for hydroxylation is 1. The Kier molecular flexibility index (Phi) is 4.58. The number of carbonyl (C=O) groups is 2. The average molecular weight is 343 g/mol. The zero-order valence-corrected chi connectivity index (χ0v) is 14.3. The van der Waals surface area contributed by atoms with Crippen molar-refractivity contribution in [2.45, 2.75) is 26.2 Å². The summed E-state index contributed by atoms with van der Waals surface area (Å²) in [5.74, 6) is -0.130. The Morgan fingerprint density at radius 2 is 1.96 bits per heavy atom. The average Bonchev–Trinajstić information content (AvgIpc) is 2.53. The molecule has 0 radical (unpaired) electrons. The number of benzene rings is 2. The molecule has 0 fully saturated rings. The summed E-state index contributed by atoms with van der Waals surface area (Å²) in [6.07, 6.45) is 2.06. The van der Waals surface area contributed by atoms with Crippen LogP contribution in [-0.2, 0) is 0 Å². The van der Waals surface area contributed by atoms with Gasteiger partial charge in [0.2, 0.25) is 0 Å². The van der Waals surface area contributed by atoms with Crippen LogP contribution in [0.5, 0.6) is 0 Å². The van der Waals surface area contributed by atoms with E-state index in [4.69, 9.17) is 17.3 Å². The van der Waals surface area contributed by atoms with Gasteiger partial charge in [0.15, 0.2) is 5.78 Å². The van der Waals surface area contributed by atoms with Gasteiger partial charge in [0.25, 0.3) is 5.91 Å². The Bertz CT molecular complexity index is 817. The number of nitrogens with two attached hydrogens (primary N) is 1. The maximum absolute atomic E-state index is 13.0. The van der Waals surface area contributed by atoms with Crippen molar-refractivity contribution in [2.24, 2.45) is 0 Å². The number of ketones is 1. The fraction of sp³-hybridized carbons (Fsp3) is 0.263. The number of amides is 1. The summed E-state index contributed by atoms with van der Waals surface area (Å²) in [6.45, 7) is 2.50.